The molecular formula is C13H16BrNO2. The lowest BCUT2D eigenvalue weighted by atomic mass is 10.2. The van der Waals surface area contributed by atoms with Crippen molar-refractivity contribution in [2.24, 2.45) is 0 Å². The normalized spacial score (nSPS) is 9.76. The van der Waals surface area contributed by atoms with Crippen molar-refractivity contribution in [3.05, 3.63) is 40.9 Å². The smallest absolute Gasteiger partial charge is 0.251 e. The summed E-state index contributed by atoms with van der Waals surface area (Å²) in [7, 11) is 0. The first kappa shape index (κ1) is 13.8. The van der Waals surface area contributed by atoms with Gasteiger partial charge < -0.3 is 10.1 Å². The molecule has 0 bridgehead atoms. The van der Waals surface area contributed by atoms with Crippen LogP contribution in [0.2, 0.25) is 0 Å². The zero-order valence-electron chi connectivity index (χ0n) is 9.83. The van der Waals surface area contributed by atoms with E-state index in [0.29, 0.717) is 18.7 Å². The van der Waals surface area contributed by atoms with E-state index in [1.807, 2.05) is 6.92 Å². The molecule has 0 radical (unpaired) electrons. The Morgan fingerprint density at radius 2 is 2.35 bits per heavy atom. The van der Waals surface area contributed by atoms with Gasteiger partial charge in [-0.1, -0.05) is 13.0 Å². The molecule has 0 unspecified atom stereocenters. The lowest BCUT2D eigenvalue weighted by Crippen LogP contribution is -2.23. The van der Waals surface area contributed by atoms with Crippen LogP contribution in [-0.2, 0) is 0 Å². The van der Waals surface area contributed by atoms with E-state index in [-0.39, 0.29) is 5.91 Å². The number of benzene rings is 1. The second-order valence-corrected chi connectivity index (χ2v) is 4.35. The molecule has 0 aromatic heterocycles. The summed E-state index contributed by atoms with van der Waals surface area (Å²) < 4.78 is 6.30. The molecule has 1 rings (SSSR count). The summed E-state index contributed by atoms with van der Waals surface area (Å²) in [5.41, 5.74) is 0.600. The van der Waals surface area contributed by atoms with Crippen LogP contribution in [0.3, 0.4) is 0 Å². The van der Waals surface area contributed by atoms with Gasteiger partial charge in [-0.2, -0.15) is 0 Å². The first-order chi connectivity index (χ1) is 8.19. The predicted molar refractivity (Wildman–Crippen MR) is 72.5 cm³/mol. The molecule has 0 atom stereocenters. The second kappa shape index (κ2) is 7.12. The fourth-order valence-corrected chi connectivity index (χ4v) is 1.73. The summed E-state index contributed by atoms with van der Waals surface area (Å²) >= 11 is 3.39. The number of carbonyl (C=O) groups excluding carboxylic acids is 1. The third kappa shape index (κ3) is 4.23. The number of rotatable bonds is 6. The molecule has 0 fully saturated rings. The molecule has 1 N–H and O–H groups in total. The average Bonchev–Trinajstić information content (AvgIpc) is 2.34. The molecule has 0 saturated carbocycles. The molecule has 1 aromatic carbocycles. The zero-order valence-corrected chi connectivity index (χ0v) is 11.4. The summed E-state index contributed by atoms with van der Waals surface area (Å²) in [5.74, 6) is 0.639. The van der Waals surface area contributed by atoms with Crippen LogP contribution in [0, 0.1) is 0 Å². The Hall–Kier alpha value is -1.29. The standard InChI is InChI=1S/C13H16BrNO2/c1-3-7-15-13(16)10-5-6-12(11(14)9-10)17-8-4-2/h3,5-6,9H,1,4,7-8H2,2H3,(H,15,16). The van der Waals surface area contributed by atoms with E-state index < -0.39 is 0 Å². The average molecular weight is 298 g/mol. The van der Waals surface area contributed by atoms with E-state index in [0.717, 1.165) is 16.6 Å². The number of nitrogens with one attached hydrogen (secondary N) is 1. The quantitative estimate of drug-likeness (QED) is 0.819. The van der Waals surface area contributed by atoms with Crippen molar-refractivity contribution >= 4 is 21.8 Å². The first-order valence-electron chi connectivity index (χ1n) is 5.50. The van der Waals surface area contributed by atoms with Gasteiger partial charge in [0.15, 0.2) is 0 Å². The van der Waals surface area contributed by atoms with Crippen LogP contribution in [0.4, 0.5) is 0 Å². The van der Waals surface area contributed by atoms with E-state index in [1.54, 1.807) is 24.3 Å². The van der Waals surface area contributed by atoms with E-state index in [4.69, 9.17) is 4.74 Å². The van der Waals surface area contributed by atoms with Gasteiger partial charge in [-0.05, 0) is 40.5 Å². The molecule has 0 aliphatic rings. The van der Waals surface area contributed by atoms with Gasteiger partial charge in [-0.25, -0.2) is 0 Å². The molecule has 0 spiro atoms. The second-order valence-electron chi connectivity index (χ2n) is 3.49. The summed E-state index contributed by atoms with van der Waals surface area (Å²) in [6, 6.07) is 5.29. The third-order valence-corrected chi connectivity index (χ3v) is 2.68. The summed E-state index contributed by atoms with van der Waals surface area (Å²) in [6.07, 6.45) is 2.60. The summed E-state index contributed by atoms with van der Waals surface area (Å²) in [4.78, 5) is 11.7. The zero-order chi connectivity index (χ0) is 12.7. The Labute approximate surface area is 110 Å². The van der Waals surface area contributed by atoms with Crippen molar-refractivity contribution in [2.75, 3.05) is 13.2 Å². The molecule has 17 heavy (non-hydrogen) atoms. The summed E-state index contributed by atoms with van der Waals surface area (Å²) in [5, 5.41) is 2.72. The minimum atomic E-state index is -0.118. The van der Waals surface area contributed by atoms with Crippen LogP contribution in [0.1, 0.15) is 23.7 Å². The van der Waals surface area contributed by atoms with Crippen molar-refractivity contribution in [3.8, 4) is 5.75 Å². The van der Waals surface area contributed by atoms with Crippen LogP contribution < -0.4 is 10.1 Å². The van der Waals surface area contributed by atoms with E-state index in [1.165, 1.54) is 0 Å². The van der Waals surface area contributed by atoms with Gasteiger partial charge in [-0.15, -0.1) is 6.58 Å². The molecule has 0 aliphatic heterocycles. The monoisotopic (exact) mass is 297 g/mol. The van der Waals surface area contributed by atoms with Crippen molar-refractivity contribution in [1.82, 2.24) is 5.32 Å². The third-order valence-electron chi connectivity index (χ3n) is 2.06. The van der Waals surface area contributed by atoms with Gasteiger partial charge in [0.2, 0.25) is 0 Å². The highest BCUT2D eigenvalue weighted by atomic mass is 79.9. The van der Waals surface area contributed by atoms with Gasteiger partial charge in [0.1, 0.15) is 5.75 Å². The number of ether oxygens (including phenoxy) is 1. The largest absolute Gasteiger partial charge is 0.492 e. The SMILES string of the molecule is C=CCNC(=O)c1ccc(OCCC)c(Br)c1. The maximum absolute atomic E-state index is 11.7. The topological polar surface area (TPSA) is 38.3 Å². The fraction of sp³-hybridized carbons (Fsp3) is 0.308. The van der Waals surface area contributed by atoms with Gasteiger partial charge in [0, 0.05) is 12.1 Å². The Kier molecular flexibility index (Phi) is 5.77. The number of halogens is 1. The highest BCUT2D eigenvalue weighted by Gasteiger charge is 2.08. The Bertz CT molecular complexity index is 404. The molecular weight excluding hydrogens is 282 g/mol. The Morgan fingerprint density at radius 3 is 2.94 bits per heavy atom. The summed E-state index contributed by atoms with van der Waals surface area (Å²) in [6.45, 7) is 6.72. The van der Waals surface area contributed by atoms with Crippen molar-refractivity contribution in [3.63, 3.8) is 0 Å². The molecule has 1 aromatic rings. The van der Waals surface area contributed by atoms with Crippen LogP contribution in [0.25, 0.3) is 0 Å². The fourth-order valence-electron chi connectivity index (χ4n) is 1.24. The Balaban J connectivity index is 2.73. The number of hydrogen-bond donors (Lipinski definition) is 1. The lowest BCUT2D eigenvalue weighted by Gasteiger charge is -2.08. The lowest BCUT2D eigenvalue weighted by molar-refractivity contribution is 0.0958. The van der Waals surface area contributed by atoms with Crippen LogP contribution >= 0.6 is 15.9 Å². The molecule has 3 nitrogen and oxygen atoms in total. The number of hydrogen-bond acceptors (Lipinski definition) is 2. The van der Waals surface area contributed by atoms with E-state index in [2.05, 4.69) is 27.8 Å². The van der Waals surface area contributed by atoms with Crippen LogP contribution in [0.5, 0.6) is 5.75 Å². The molecule has 0 aliphatic carbocycles. The van der Waals surface area contributed by atoms with Crippen molar-refractivity contribution in [1.29, 1.82) is 0 Å². The Morgan fingerprint density at radius 1 is 1.59 bits per heavy atom. The van der Waals surface area contributed by atoms with Crippen molar-refractivity contribution < 1.29 is 9.53 Å². The van der Waals surface area contributed by atoms with Crippen LogP contribution in [0.15, 0.2) is 35.3 Å². The minimum absolute atomic E-state index is 0.118. The van der Waals surface area contributed by atoms with E-state index in [9.17, 15) is 4.79 Å². The van der Waals surface area contributed by atoms with Gasteiger partial charge in [0.05, 0.1) is 11.1 Å². The molecule has 1 amide bonds. The highest BCUT2D eigenvalue weighted by molar-refractivity contribution is 9.10. The number of amides is 1. The maximum atomic E-state index is 11.7. The number of carbonyl (C=O) groups is 1. The highest BCUT2D eigenvalue weighted by Crippen LogP contribution is 2.26. The maximum Gasteiger partial charge on any atom is 0.251 e. The predicted octanol–water partition coefficient (Wildman–Crippen LogP) is 3.15. The van der Waals surface area contributed by atoms with Gasteiger partial charge >= 0.3 is 0 Å². The molecule has 4 heteroatoms. The van der Waals surface area contributed by atoms with Crippen molar-refractivity contribution in [2.45, 2.75) is 13.3 Å². The molecule has 0 saturated heterocycles. The molecule has 0 heterocycles. The van der Waals surface area contributed by atoms with E-state index >= 15 is 0 Å². The minimum Gasteiger partial charge on any atom is -0.492 e. The van der Waals surface area contributed by atoms with Gasteiger partial charge in [0.25, 0.3) is 5.91 Å². The molecule has 92 valence electrons. The van der Waals surface area contributed by atoms with Crippen LogP contribution in [-0.4, -0.2) is 19.1 Å². The van der Waals surface area contributed by atoms with Gasteiger partial charge in [-0.3, -0.25) is 4.79 Å². The first-order valence-corrected chi connectivity index (χ1v) is 6.29.